The van der Waals surface area contributed by atoms with Crippen LogP contribution in [0.15, 0.2) is 0 Å². The molecular formula is C16H24F3NO2. The summed E-state index contributed by atoms with van der Waals surface area (Å²) >= 11 is 0. The Morgan fingerprint density at radius 2 is 1.86 bits per heavy atom. The quantitative estimate of drug-likeness (QED) is 0.740. The molecule has 1 heterocycles. The Kier molecular flexibility index (Phi) is 4.40. The van der Waals surface area contributed by atoms with Gasteiger partial charge in [-0.2, -0.15) is 13.2 Å². The lowest BCUT2D eigenvalue weighted by atomic mass is 9.80. The SMILES string of the molecule is O=C([C@H]1CCC[C@H](C(F)(F)F)C1)N1CCOC2(CCCC2)C1. The van der Waals surface area contributed by atoms with Crippen molar-refractivity contribution in [2.24, 2.45) is 11.8 Å². The van der Waals surface area contributed by atoms with Crippen LogP contribution in [0, 0.1) is 11.8 Å². The van der Waals surface area contributed by atoms with Crippen molar-refractivity contribution in [3.8, 4) is 0 Å². The lowest BCUT2D eigenvalue weighted by Gasteiger charge is -2.42. The molecule has 0 aromatic carbocycles. The number of carbonyl (C=O) groups is 1. The minimum Gasteiger partial charge on any atom is -0.371 e. The summed E-state index contributed by atoms with van der Waals surface area (Å²) in [4.78, 5) is 14.4. The highest BCUT2D eigenvalue weighted by Crippen LogP contribution is 2.41. The van der Waals surface area contributed by atoms with E-state index in [2.05, 4.69) is 0 Å². The minimum atomic E-state index is -4.17. The molecule has 1 saturated heterocycles. The number of carbonyl (C=O) groups excluding carboxylic acids is 1. The zero-order chi connectivity index (χ0) is 15.8. The zero-order valence-corrected chi connectivity index (χ0v) is 12.8. The number of hydrogen-bond acceptors (Lipinski definition) is 2. The predicted molar refractivity (Wildman–Crippen MR) is 75.2 cm³/mol. The fourth-order valence-corrected chi connectivity index (χ4v) is 4.32. The van der Waals surface area contributed by atoms with Crippen LogP contribution in [-0.4, -0.2) is 42.3 Å². The second kappa shape index (κ2) is 6.02. The Balaban J connectivity index is 1.63. The van der Waals surface area contributed by atoms with Crippen LogP contribution in [0.5, 0.6) is 0 Å². The molecule has 3 fully saturated rings. The van der Waals surface area contributed by atoms with Gasteiger partial charge in [0.15, 0.2) is 0 Å². The van der Waals surface area contributed by atoms with Crippen LogP contribution in [0.1, 0.15) is 51.4 Å². The predicted octanol–water partition coefficient (Wildman–Crippen LogP) is 3.53. The first-order valence-electron chi connectivity index (χ1n) is 8.39. The third kappa shape index (κ3) is 3.26. The molecule has 1 spiro atoms. The summed E-state index contributed by atoms with van der Waals surface area (Å²) in [7, 11) is 0. The summed E-state index contributed by atoms with van der Waals surface area (Å²) in [6, 6.07) is 0. The maximum atomic E-state index is 12.9. The van der Waals surface area contributed by atoms with E-state index < -0.39 is 18.0 Å². The number of ether oxygens (including phenoxy) is 1. The molecular weight excluding hydrogens is 295 g/mol. The van der Waals surface area contributed by atoms with Crippen molar-refractivity contribution >= 4 is 5.91 Å². The largest absolute Gasteiger partial charge is 0.391 e. The molecule has 1 aliphatic heterocycles. The maximum Gasteiger partial charge on any atom is 0.391 e. The highest BCUT2D eigenvalue weighted by molar-refractivity contribution is 5.79. The first-order chi connectivity index (χ1) is 10.4. The molecule has 0 N–H and O–H groups in total. The first kappa shape index (κ1) is 16.1. The molecule has 2 atom stereocenters. The van der Waals surface area contributed by atoms with Gasteiger partial charge in [0.1, 0.15) is 0 Å². The minimum absolute atomic E-state index is 0.0350. The molecule has 2 aliphatic carbocycles. The Morgan fingerprint density at radius 3 is 2.55 bits per heavy atom. The van der Waals surface area contributed by atoms with E-state index in [0.29, 0.717) is 32.5 Å². The van der Waals surface area contributed by atoms with Crippen molar-refractivity contribution < 1.29 is 22.7 Å². The number of morpholine rings is 1. The molecule has 1 amide bonds. The summed E-state index contributed by atoms with van der Waals surface area (Å²) in [6.45, 7) is 1.61. The summed E-state index contributed by atoms with van der Waals surface area (Å²) in [5.74, 6) is -1.85. The van der Waals surface area contributed by atoms with Crippen LogP contribution in [0.2, 0.25) is 0 Å². The van der Waals surface area contributed by atoms with Gasteiger partial charge in [-0.25, -0.2) is 0 Å². The van der Waals surface area contributed by atoms with Gasteiger partial charge in [0, 0.05) is 19.0 Å². The highest BCUT2D eigenvalue weighted by atomic mass is 19.4. The lowest BCUT2D eigenvalue weighted by Crippen LogP contribution is -2.54. The van der Waals surface area contributed by atoms with Gasteiger partial charge in [-0.1, -0.05) is 19.3 Å². The van der Waals surface area contributed by atoms with Gasteiger partial charge in [0.25, 0.3) is 0 Å². The molecule has 0 aromatic heterocycles. The monoisotopic (exact) mass is 319 g/mol. The van der Waals surface area contributed by atoms with Gasteiger partial charge in [-0.15, -0.1) is 0 Å². The number of hydrogen-bond donors (Lipinski definition) is 0. The maximum absolute atomic E-state index is 12.9. The van der Waals surface area contributed by atoms with Gasteiger partial charge in [0.05, 0.1) is 18.1 Å². The van der Waals surface area contributed by atoms with E-state index in [1.807, 2.05) is 0 Å². The highest BCUT2D eigenvalue weighted by Gasteiger charge is 2.46. The van der Waals surface area contributed by atoms with Gasteiger partial charge < -0.3 is 9.64 Å². The van der Waals surface area contributed by atoms with Gasteiger partial charge in [-0.3, -0.25) is 4.79 Å². The van der Waals surface area contributed by atoms with E-state index in [1.54, 1.807) is 4.90 Å². The van der Waals surface area contributed by atoms with Crippen LogP contribution in [0.25, 0.3) is 0 Å². The summed E-state index contributed by atoms with van der Waals surface area (Å²) in [5, 5.41) is 0. The van der Waals surface area contributed by atoms with E-state index in [1.165, 1.54) is 0 Å². The van der Waals surface area contributed by atoms with E-state index >= 15 is 0 Å². The number of nitrogens with zero attached hydrogens (tertiary/aromatic N) is 1. The Labute approximate surface area is 129 Å². The molecule has 126 valence electrons. The zero-order valence-electron chi connectivity index (χ0n) is 12.8. The van der Waals surface area contributed by atoms with Crippen LogP contribution in [0.4, 0.5) is 13.2 Å². The van der Waals surface area contributed by atoms with E-state index in [4.69, 9.17) is 4.74 Å². The number of halogens is 3. The van der Waals surface area contributed by atoms with Crippen LogP contribution in [-0.2, 0) is 9.53 Å². The molecule has 3 rings (SSSR count). The van der Waals surface area contributed by atoms with Gasteiger partial charge in [-0.05, 0) is 32.1 Å². The molecule has 22 heavy (non-hydrogen) atoms. The number of amides is 1. The fourth-order valence-electron chi connectivity index (χ4n) is 4.32. The smallest absolute Gasteiger partial charge is 0.371 e. The second-order valence-electron chi connectivity index (χ2n) is 7.10. The van der Waals surface area contributed by atoms with Crippen molar-refractivity contribution in [3.05, 3.63) is 0 Å². The van der Waals surface area contributed by atoms with Gasteiger partial charge in [0.2, 0.25) is 5.91 Å². The Morgan fingerprint density at radius 1 is 1.14 bits per heavy atom. The van der Waals surface area contributed by atoms with Crippen molar-refractivity contribution in [2.75, 3.05) is 19.7 Å². The molecule has 2 saturated carbocycles. The third-order valence-corrected chi connectivity index (χ3v) is 5.56. The molecule has 3 aliphatic rings. The van der Waals surface area contributed by atoms with Crippen molar-refractivity contribution in [1.29, 1.82) is 0 Å². The summed E-state index contributed by atoms with van der Waals surface area (Å²) in [6.07, 6.45) is 1.21. The number of rotatable bonds is 1. The van der Waals surface area contributed by atoms with Crippen LogP contribution < -0.4 is 0 Å². The van der Waals surface area contributed by atoms with Gasteiger partial charge >= 0.3 is 6.18 Å². The summed E-state index contributed by atoms with van der Waals surface area (Å²) < 4.78 is 44.6. The van der Waals surface area contributed by atoms with Crippen molar-refractivity contribution in [1.82, 2.24) is 4.90 Å². The van der Waals surface area contributed by atoms with E-state index in [0.717, 1.165) is 25.7 Å². The van der Waals surface area contributed by atoms with E-state index in [9.17, 15) is 18.0 Å². The average molecular weight is 319 g/mol. The number of alkyl halides is 3. The third-order valence-electron chi connectivity index (χ3n) is 5.56. The molecule has 6 heteroatoms. The molecule has 0 radical (unpaired) electrons. The molecule has 0 bridgehead atoms. The fraction of sp³-hybridized carbons (Fsp3) is 0.938. The molecule has 0 aromatic rings. The normalized spacial score (nSPS) is 32.4. The topological polar surface area (TPSA) is 29.5 Å². The Hall–Kier alpha value is -0.780. The van der Waals surface area contributed by atoms with Crippen LogP contribution in [0.3, 0.4) is 0 Å². The van der Waals surface area contributed by atoms with Crippen LogP contribution >= 0.6 is 0 Å². The lowest BCUT2D eigenvalue weighted by molar-refractivity contribution is -0.188. The summed E-state index contributed by atoms with van der Waals surface area (Å²) in [5.41, 5.74) is -0.216. The first-order valence-corrected chi connectivity index (χ1v) is 8.39. The second-order valence-corrected chi connectivity index (χ2v) is 7.10. The van der Waals surface area contributed by atoms with E-state index in [-0.39, 0.29) is 24.3 Å². The standard InChI is InChI=1S/C16H24F3NO2/c17-16(18,19)13-5-3-4-12(10-13)14(21)20-8-9-22-15(11-20)6-1-2-7-15/h12-13H,1-11H2/t12-,13-/m0/s1. The van der Waals surface area contributed by atoms with Crippen molar-refractivity contribution in [3.63, 3.8) is 0 Å². The molecule has 3 nitrogen and oxygen atoms in total. The van der Waals surface area contributed by atoms with Crippen molar-refractivity contribution in [2.45, 2.75) is 63.1 Å². The Bertz CT molecular complexity index is 418. The average Bonchev–Trinajstić information content (AvgIpc) is 2.93. The molecule has 0 unspecified atom stereocenters.